The van der Waals surface area contributed by atoms with Gasteiger partial charge in [-0.15, -0.1) is 0 Å². The summed E-state index contributed by atoms with van der Waals surface area (Å²) in [5.41, 5.74) is 0.945. The lowest BCUT2D eigenvalue weighted by Crippen LogP contribution is -1.96. The van der Waals surface area contributed by atoms with Crippen molar-refractivity contribution in [1.29, 1.82) is 0 Å². The number of rotatable bonds is 4. The van der Waals surface area contributed by atoms with E-state index in [1.165, 1.54) is 32.1 Å². The van der Waals surface area contributed by atoms with Crippen molar-refractivity contribution in [2.24, 2.45) is 5.92 Å². The molecule has 19 heavy (non-hydrogen) atoms. The van der Waals surface area contributed by atoms with E-state index < -0.39 is 0 Å². The summed E-state index contributed by atoms with van der Waals surface area (Å²) in [5.74, 6) is 2.25. The van der Waals surface area contributed by atoms with Crippen molar-refractivity contribution >= 4 is 11.6 Å². The highest BCUT2D eigenvalue weighted by atomic mass is 35.5. The van der Waals surface area contributed by atoms with Crippen LogP contribution in [-0.2, 0) is 6.42 Å². The van der Waals surface area contributed by atoms with E-state index in [1.807, 2.05) is 24.3 Å². The van der Waals surface area contributed by atoms with Crippen molar-refractivity contribution < 1.29 is 4.52 Å². The molecule has 0 spiro atoms. The number of benzene rings is 1. The van der Waals surface area contributed by atoms with Crippen molar-refractivity contribution in [1.82, 2.24) is 10.1 Å². The minimum Gasteiger partial charge on any atom is -0.339 e. The largest absolute Gasteiger partial charge is 0.339 e. The molecule has 0 saturated heterocycles. The first kappa shape index (κ1) is 12.7. The van der Waals surface area contributed by atoms with Gasteiger partial charge in [0.05, 0.1) is 0 Å². The van der Waals surface area contributed by atoms with E-state index >= 15 is 0 Å². The summed E-state index contributed by atoms with van der Waals surface area (Å²) >= 11 is 5.86. The minimum atomic E-state index is 0.651. The summed E-state index contributed by atoms with van der Waals surface area (Å²) in [6, 6.07) is 7.50. The first-order chi connectivity index (χ1) is 9.31. The molecule has 2 aromatic rings. The molecule has 1 saturated carbocycles. The first-order valence-corrected chi connectivity index (χ1v) is 7.27. The zero-order valence-electron chi connectivity index (χ0n) is 10.8. The van der Waals surface area contributed by atoms with E-state index in [9.17, 15) is 0 Å². The van der Waals surface area contributed by atoms with Gasteiger partial charge in [-0.25, -0.2) is 0 Å². The van der Waals surface area contributed by atoms with Gasteiger partial charge in [0.1, 0.15) is 0 Å². The number of hydrogen-bond donors (Lipinski definition) is 0. The highest BCUT2D eigenvalue weighted by Crippen LogP contribution is 2.28. The standard InChI is InChI=1S/C15H17ClN2O/c16-13-8-6-12(7-9-13)15-17-14(19-18-15)10-5-11-3-1-2-4-11/h6-9,11H,1-5,10H2. The molecule has 1 aromatic carbocycles. The van der Waals surface area contributed by atoms with Crippen LogP contribution in [-0.4, -0.2) is 10.1 Å². The van der Waals surface area contributed by atoms with E-state index in [0.717, 1.165) is 23.8 Å². The Balaban J connectivity index is 1.63. The summed E-state index contributed by atoms with van der Waals surface area (Å²) in [6.07, 6.45) is 7.54. The third-order valence-electron chi connectivity index (χ3n) is 3.81. The molecule has 0 radical (unpaired) electrons. The van der Waals surface area contributed by atoms with Crippen molar-refractivity contribution in [3.8, 4) is 11.4 Å². The number of aryl methyl sites for hydroxylation is 1. The van der Waals surface area contributed by atoms with Gasteiger partial charge in [0.2, 0.25) is 11.7 Å². The molecular formula is C15H17ClN2O. The minimum absolute atomic E-state index is 0.651. The lowest BCUT2D eigenvalue weighted by Gasteiger charge is -2.04. The highest BCUT2D eigenvalue weighted by Gasteiger charge is 2.16. The normalized spacial score (nSPS) is 16.1. The quantitative estimate of drug-likeness (QED) is 0.824. The van der Waals surface area contributed by atoms with E-state index in [0.29, 0.717) is 10.8 Å². The molecule has 0 N–H and O–H groups in total. The molecule has 1 aromatic heterocycles. The summed E-state index contributed by atoms with van der Waals surface area (Å²) < 4.78 is 5.32. The Bertz CT molecular complexity index is 529. The van der Waals surface area contributed by atoms with Gasteiger partial charge in [0.25, 0.3) is 0 Å². The average molecular weight is 277 g/mol. The highest BCUT2D eigenvalue weighted by molar-refractivity contribution is 6.30. The Labute approximate surface area is 118 Å². The maximum absolute atomic E-state index is 5.86. The fraction of sp³-hybridized carbons (Fsp3) is 0.467. The summed E-state index contributed by atoms with van der Waals surface area (Å²) in [7, 11) is 0. The van der Waals surface area contributed by atoms with Gasteiger partial charge >= 0.3 is 0 Å². The monoisotopic (exact) mass is 276 g/mol. The van der Waals surface area contributed by atoms with Gasteiger partial charge in [-0.05, 0) is 36.6 Å². The predicted molar refractivity (Wildman–Crippen MR) is 75.0 cm³/mol. The summed E-state index contributed by atoms with van der Waals surface area (Å²) in [5, 5.41) is 4.75. The molecule has 0 amide bonds. The second-order valence-electron chi connectivity index (χ2n) is 5.21. The molecule has 1 fully saturated rings. The zero-order valence-corrected chi connectivity index (χ0v) is 11.6. The van der Waals surface area contributed by atoms with Crippen molar-refractivity contribution in [2.75, 3.05) is 0 Å². The fourth-order valence-electron chi connectivity index (χ4n) is 2.70. The van der Waals surface area contributed by atoms with Crippen LogP contribution in [0.4, 0.5) is 0 Å². The number of nitrogens with zero attached hydrogens (tertiary/aromatic N) is 2. The maximum atomic E-state index is 5.86. The molecule has 0 unspecified atom stereocenters. The summed E-state index contributed by atoms with van der Waals surface area (Å²) in [4.78, 5) is 4.45. The van der Waals surface area contributed by atoms with Gasteiger partial charge in [-0.1, -0.05) is 42.4 Å². The third-order valence-corrected chi connectivity index (χ3v) is 4.06. The molecule has 1 heterocycles. The Morgan fingerprint density at radius 2 is 1.89 bits per heavy atom. The number of halogens is 1. The number of hydrogen-bond acceptors (Lipinski definition) is 3. The topological polar surface area (TPSA) is 38.9 Å². The fourth-order valence-corrected chi connectivity index (χ4v) is 2.83. The van der Waals surface area contributed by atoms with Crippen molar-refractivity contribution in [3.05, 3.63) is 35.2 Å². The van der Waals surface area contributed by atoms with Crippen LogP contribution in [0.3, 0.4) is 0 Å². The van der Waals surface area contributed by atoms with E-state index in [2.05, 4.69) is 10.1 Å². The Morgan fingerprint density at radius 3 is 2.63 bits per heavy atom. The molecule has 1 aliphatic carbocycles. The Hall–Kier alpha value is -1.35. The maximum Gasteiger partial charge on any atom is 0.226 e. The van der Waals surface area contributed by atoms with Gasteiger partial charge in [-0.3, -0.25) is 0 Å². The van der Waals surface area contributed by atoms with Crippen LogP contribution in [0.5, 0.6) is 0 Å². The Morgan fingerprint density at radius 1 is 1.16 bits per heavy atom. The lowest BCUT2D eigenvalue weighted by molar-refractivity contribution is 0.362. The van der Waals surface area contributed by atoms with Crippen LogP contribution in [0.15, 0.2) is 28.8 Å². The van der Waals surface area contributed by atoms with Crippen LogP contribution in [0.2, 0.25) is 5.02 Å². The van der Waals surface area contributed by atoms with Gasteiger partial charge in [-0.2, -0.15) is 4.98 Å². The molecule has 0 bridgehead atoms. The Kier molecular flexibility index (Phi) is 3.83. The summed E-state index contributed by atoms with van der Waals surface area (Å²) in [6.45, 7) is 0. The van der Waals surface area contributed by atoms with E-state index in [1.54, 1.807) is 0 Å². The molecule has 0 aliphatic heterocycles. The van der Waals surface area contributed by atoms with Gasteiger partial charge < -0.3 is 4.52 Å². The second kappa shape index (κ2) is 5.74. The first-order valence-electron chi connectivity index (χ1n) is 6.90. The number of aromatic nitrogens is 2. The molecule has 3 rings (SSSR count). The molecule has 4 heteroatoms. The van der Waals surface area contributed by atoms with Crippen LogP contribution in [0, 0.1) is 5.92 Å². The smallest absolute Gasteiger partial charge is 0.226 e. The molecule has 0 atom stereocenters. The van der Waals surface area contributed by atoms with Crippen LogP contribution < -0.4 is 0 Å². The molecule has 100 valence electrons. The van der Waals surface area contributed by atoms with Crippen LogP contribution in [0.1, 0.15) is 38.0 Å². The van der Waals surface area contributed by atoms with Gasteiger partial charge in [0, 0.05) is 17.0 Å². The molecular weight excluding hydrogens is 260 g/mol. The zero-order chi connectivity index (χ0) is 13.1. The van der Waals surface area contributed by atoms with E-state index in [4.69, 9.17) is 16.1 Å². The van der Waals surface area contributed by atoms with Gasteiger partial charge in [0.15, 0.2) is 0 Å². The van der Waals surface area contributed by atoms with Crippen molar-refractivity contribution in [3.63, 3.8) is 0 Å². The SMILES string of the molecule is Clc1ccc(-c2noc(CCC3CCCC3)n2)cc1. The van der Waals surface area contributed by atoms with Crippen molar-refractivity contribution in [2.45, 2.75) is 38.5 Å². The molecule has 1 aliphatic rings. The third kappa shape index (κ3) is 3.16. The van der Waals surface area contributed by atoms with E-state index in [-0.39, 0.29) is 0 Å². The second-order valence-corrected chi connectivity index (χ2v) is 5.64. The average Bonchev–Trinajstić information content (AvgIpc) is 3.09. The molecule has 3 nitrogen and oxygen atoms in total. The predicted octanol–water partition coefficient (Wildman–Crippen LogP) is 4.51. The lowest BCUT2D eigenvalue weighted by atomic mass is 10.0. The van der Waals surface area contributed by atoms with Crippen LogP contribution in [0.25, 0.3) is 11.4 Å². The van der Waals surface area contributed by atoms with Crippen LogP contribution >= 0.6 is 11.6 Å².